The van der Waals surface area contributed by atoms with Crippen molar-refractivity contribution in [1.29, 1.82) is 0 Å². The highest BCUT2D eigenvalue weighted by Crippen LogP contribution is 2.78. The second-order valence-corrected chi connectivity index (χ2v) is 14.6. The summed E-state index contributed by atoms with van der Waals surface area (Å²) in [7, 11) is 1.82. The minimum Gasteiger partial charge on any atom is -0.501 e. The van der Waals surface area contributed by atoms with Crippen molar-refractivity contribution in [3.05, 3.63) is 24.5 Å². The number of hydrogen-bond donors (Lipinski definition) is 2. The number of aliphatic hydroxyl groups excluding tert-OH is 1. The van der Waals surface area contributed by atoms with Gasteiger partial charge in [-0.15, -0.1) is 5.16 Å². The van der Waals surface area contributed by atoms with Gasteiger partial charge in [0.1, 0.15) is 0 Å². The fourth-order valence-corrected chi connectivity index (χ4v) is 11.9. The predicted octanol–water partition coefficient (Wildman–Crippen LogP) is 7.61. The zero-order valence-corrected chi connectivity index (χ0v) is 23.8. The van der Waals surface area contributed by atoms with Crippen LogP contribution in [0.1, 0.15) is 98.8 Å². The average Bonchev–Trinajstić information content (AvgIpc) is 3.23. The van der Waals surface area contributed by atoms with E-state index in [1.54, 1.807) is 6.21 Å². The van der Waals surface area contributed by atoms with Crippen LogP contribution in [0, 0.1) is 56.7 Å². The fraction of sp³-hybridized carbons (Fsp3) is 0.844. The molecule has 0 saturated heterocycles. The van der Waals surface area contributed by atoms with E-state index in [9.17, 15) is 10.3 Å². The van der Waals surface area contributed by atoms with Gasteiger partial charge in [0, 0.05) is 10.8 Å². The summed E-state index contributed by atoms with van der Waals surface area (Å²) < 4.78 is 5.93. The van der Waals surface area contributed by atoms with E-state index >= 15 is 0 Å². The third kappa shape index (κ3) is 3.06. The van der Waals surface area contributed by atoms with E-state index in [2.05, 4.69) is 52.9 Å². The van der Waals surface area contributed by atoms with Gasteiger partial charge in [0.05, 0.1) is 25.2 Å². The Labute approximate surface area is 219 Å². The van der Waals surface area contributed by atoms with Crippen molar-refractivity contribution in [2.75, 3.05) is 7.11 Å². The first-order valence-electron chi connectivity index (χ1n) is 14.6. The van der Waals surface area contributed by atoms with Crippen LogP contribution < -0.4 is 0 Å². The van der Waals surface area contributed by atoms with Crippen LogP contribution in [-0.2, 0) is 4.74 Å². The summed E-state index contributed by atoms with van der Waals surface area (Å²) in [6.45, 7) is 21.1. The fourth-order valence-electron chi connectivity index (χ4n) is 11.9. The molecule has 5 aliphatic rings. The van der Waals surface area contributed by atoms with E-state index in [0.29, 0.717) is 29.6 Å². The van der Waals surface area contributed by atoms with Crippen LogP contribution in [0.2, 0.25) is 0 Å². The normalized spacial score (nSPS) is 54.2. The summed E-state index contributed by atoms with van der Waals surface area (Å²) in [6.07, 6.45) is 12.7. The molecule has 5 fully saturated rings. The van der Waals surface area contributed by atoms with Crippen molar-refractivity contribution in [3.8, 4) is 0 Å². The van der Waals surface area contributed by atoms with Gasteiger partial charge in [-0.3, -0.25) is 0 Å². The van der Waals surface area contributed by atoms with Gasteiger partial charge in [-0.1, -0.05) is 46.4 Å². The van der Waals surface area contributed by atoms with E-state index in [4.69, 9.17) is 4.74 Å². The van der Waals surface area contributed by atoms with Crippen LogP contribution >= 0.6 is 0 Å². The lowest BCUT2D eigenvalue weighted by atomic mass is 9.32. The van der Waals surface area contributed by atoms with Crippen molar-refractivity contribution in [3.63, 3.8) is 0 Å². The molecule has 5 rings (SSSR count). The van der Waals surface area contributed by atoms with Gasteiger partial charge in [-0.05, 0) is 117 Å². The van der Waals surface area contributed by atoms with E-state index in [0.717, 1.165) is 25.0 Å². The molecule has 5 saturated carbocycles. The lowest BCUT2D eigenvalue weighted by molar-refractivity contribution is -0.240. The van der Waals surface area contributed by atoms with Crippen LogP contribution in [0.4, 0.5) is 0 Å². The Bertz CT molecular complexity index is 959. The largest absolute Gasteiger partial charge is 0.501 e. The lowest BCUT2D eigenvalue weighted by Gasteiger charge is -2.72. The van der Waals surface area contributed by atoms with Gasteiger partial charge < -0.3 is 15.1 Å². The second-order valence-electron chi connectivity index (χ2n) is 14.6. The maximum atomic E-state index is 11.1. The highest BCUT2D eigenvalue weighted by molar-refractivity contribution is 5.66. The second kappa shape index (κ2) is 8.35. The molecule has 0 aliphatic heterocycles. The summed E-state index contributed by atoms with van der Waals surface area (Å²) >= 11 is 0. The summed E-state index contributed by atoms with van der Waals surface area (Å²) in [6, 6.07) is 0. The molecule has 0 spiro atoms. The standard InChI is InChI=1S/C32H51NO3/c1-20(2)22-11-16-32(21(3)36-8)18-17-30(6)23(27(22)32)9-10-25-28(4)14-13-26(34)29(5,19-33-35)24(28)12-15-31(25,30)7/h19,22-27,34-35H,1,3,9-18H2,2,4-8H3/b33-19+/t22-,23?,24+,25?,26-,27?,28-,29-,30+,31+,32+/m0/s1. The third-order valence-corrected chi connectivity index (χ3v) is 13.9. The first-order valence-corrected chi connectivity index (χ1v) is 14.6. The quantitative estimate of drug-likeness (QED) is 0.138. The minimum absolute atomic E-state index is 0.0952. The molecular weight excluding hydrogens is 446 g/mol. The van der Waals surface area contributed by atoms with Gasteiger partial charge in [0.25, 0.3) is 0 Å². The number of rotatable bonds is 4. The Morgan fingerprint density at radius 3 is 2.25 bits per heavy atom. The van der Waals surface area contributed by atoms with Crippen LogP contribution in [0.5, 0.6) is 0 Å². The SMILES string of the molecule is C=C(C)[C@@H]1CC[C@]2(C(=C)OC)CC[C@]3(C)C(CCC4[C@@]5(C)CC[C@H](O)[C@@](C)(/C=N/O)[C@@H]5CC[C@]43C)C12. The predicted molar refractivity (Wildman–Crippen MR) is 146 cm³/mol. The monoisotopic (exact) mass is 497 g/mol. The summed E-state index contributed by atoms with van der Waals surface area (Å²) in [4.78, 5) is 0. The first kappa shape index (κ1) is 26.3. The van der Waals surface area contributed by atoms with Gasteiger partial charge in [-0.2, -0.15) is 0 Å². The van der Waals surface area contributed by atoms with Crippen molar-refractivity contribution in [1.82, 2.24) is 0 Å². The molecule has 4 nitrogen and oxygen atoms in total. The summed E-state index contributed by atoms with van der Waals surface area (Å²) in [5, 5.41) is 24.1. The number of aliphatic hydroxyl groups is 1. The first-order chi connectivity index (χ1) is 16.9. The smallest absolute Gasteiger partial charge is 0.0948 e. The number of hydrogen-bond acceptors (Lipinski definition) is 4. The number of oxime groups is 1. The Balaban J connectivity index is 1.56. The molecule has 0 radical (unpaired) electrons. The van der Waals surface area contributed by atoms with Crippen LogP contribution in [-0.4, -0.2) is 29.7 Å². The molecule has 2 N–H and O–H groups in total. The topological polar surface area (TPSA) is 62.0 Å². The molecule has 36 heavy (non-hydrogen) atoms. The van der Waals surface area contributed by atoms with Crippen LogP contribution in [0.25, 0.3) is 0 Å². The van der Waals surface area contributed by atoms with E-state index in [1.165, 1.54) is 50.5 Å². The Morgan fingerprint density at radius 2 is 1.61 bits per heavy atom. The molecule has 0 aromatic carbocycles. The van der Waals surface area contributed by atoms with Crippen molar-refractivity contribution in [2.45, 2.75) is 105 Å². The molecule has 0 aromatic heterocycles. The summed E-state index contributed by atoms with van der Waals surface area (Å²) in [5.74, 6) is 3.76. The molecule has 3 unspecified atom stereocenters. The van der Waals surface area contributed by atoms with E-state index in [-0.39, 0.29) is 21.7 Å². The van der Waals surface area contributed by atoms with E-state index < -0.39 is 11.5 Å². The molecule has 202 valence electrons. The van der Waals surface area contributed by atoms with Crippen LogP contribution in [0.3, 0.4) is 0 Å². The number of fused-ring (bicyclic) bond motifs is 7. The maximum absolute atomic E-state index is 11.1. The molecule has 4 heteroatoms. The minimum atomic E-state index is -0.463. The Kier molecular flexibility index (Phi) is 6.11. The molecular formula is C32H51NO3. The number of methoxy groups -OCH3 is 1. The molecule has 0 aromatic rings. The third-order valence-electron chi connectivity index (χ3n) is 13.9. The zero-order valence-electron chi connectivity index (χ0n) is 23.8. The van der Waals surface area contributed by atoms with Crippen LogP contribution in [0.15, 0.2) is 29.6 Å². The summed E-state index contributed by atoms with van der Waals surface area (Å²) in [5.41, 5.74) is 1.64. The van der Waals surface area contributed by atoms with E-state index in [1.807, 2.05) is 7.11 Å². The van der Waals surface area contributed by atoms with Crippen molar-refractivity contribution < 1.29 is 15.1 Å². The number of ether oxygens (including phenoxy) is 1. The number of nitrogens with zero attached hydrogens (tertiary/aromatic N) is 1. The Hall–Kier alpha value is -1.29. The molecule has 5 aliphatic carbocycles. The van der Waals surface area contributed by atoms with Gasteiger partial charge in [-0.25, -0.2) is 0 Å². The molecule has 0 amide bonds. The molecule has 0 bridgehead atoms. The highest BCUT2D eigenvalue weighted by atomic mass is 16.5. The lowest BCUT2D eigenvalue weighted by Crippen LogP contribution is -2.67. The number of allylic oxidation sites excluding steroid dienone is 2. The highest BCUT2D eigenvalue weighted by Gasteiger charge is 2.71. The maximum Gasteiger partial charge on any atom is 0.0948 e. The molecule has 11 atom stereocenters. The van der Waals surface area contributed by atoms with Crippen molar-refractivity contribution in [2.24, 2.45) is 61.8 Å². The zero-order chi connectivity index (χ0) is 26.3. The molecule has 0 heterocycles. The Morgan fingerprint density at radius 1 is 0.889 bits per heavy atom. The average molecular weight is 498 g/mol. The van der Waals surface area contributed by atoms with Crippen molar-refractivity contribution >= 4 is 6.21 Å². The van der Waals surface area contributed by atoms with Gasteiger partial charge in [0.2, 0.25) is 0 Å². The van der Waals surface area contributed by atoms with Gasteiger partial charge in [0.15, 0.2) is 0 Å². The van der Waals surface area contributed by atoms with Gasteiger partial charge >= 0.3 is 0 Å².